The molecule has 0 radical (unpaired) electrons. The van der Waals surface area contributed by atoms with Gasteiger partial charge in [-0.3, -0.25) is 0 Å². The first-order valence-electron chi connectivity index (χ1n) is 4.54. The number of hydrogen-bond donors (Lipinski definition) is 1. The quantitative estimate of drug-likeness (QED) is 0.772. The van der Waals surface area contributed by atoms with Crippen LogP contribution in [0.3, 0.4) is 0 Å². The molecule has 1 aromatic rings. The van der Waals surface area contributed by atoms with Crippen molar-refractivity contribution < 1.29 is 0 Å². The third-order valence-electron chi connectivity index (χ3n) is 2.24. The fourth-order valence-electron chi connectivity index (χ4n) is 1.42. The summed E-state index contributed by atoms with van der Waals surface area (Å²) in [5.74, 6) is 0.795. The Morgan fingerprint density at radius 3 is 3.08 bits per heavy atom. The monoisotopic (exact) mass is 182 g/mol. The highest BCUT2D eigenvalue weighted by Crippen LogP contribution is 2.41. The Morgan fingerprint density at radius 2 is 2.42 bits per heavy atom. The number of hydrogen-bond acceptors (Lipinski definition) is 3. The van der Waals surface area contributed by atoms with E-state index in [9.17, 15) is 0 Å². The van der Waals surface area contributed by atoms with Crippen molar-refractivity contribution in [3.05, 3.63) is 16.1 Å². The van der Waals surface area contributed by atoms with E-state index in [2.05, 4.69) is 4.98 Å². The summed E-state index contributed by atoms with van der Waals surface area (Å²) in [6.07, 6.45) is 4.92. The highest BCUT2D eigenvalue weighted by Gasteiger charge is 2.27. The fraction of sp³-hybridized carbons (Fsp3) is 0.667. The van der Waals surface area contributed by atoms with E-state index in [1.54, 1.807) is 11.3 Å². The molecule has 1 saturated carbocycles. The van der Waals surface area contributed by atoms with E-state index in [1.807, 2.05) is 5.51 Å². The van der Waals surface area contributed by atoms with Crippen LogP contribution in [0.15, 0.2) is 5.51 Å². The molecule has 1 aliphatic rings. The molecule has 0 atom stereocenters. The smallest absolute Gasteiger partial charge is 0.0797 e. The maximum atomic E-state index is 5.47. The summed E-state index contributed by atoms with van der Waals surface area (Å²) in [7, 11) is 0. The van der Waals surface area contributed by atoms with Crippen molar-refractivity contribution in [3.8, 4) is 0 Å². The number of thiazole rings is 1. The highest BCUT2D eigenvalue weighted by atomic mass is 32.1. The molecule has 0 aromatic carbocycles. The fourth-order valence-corrected chi connectivity index (χ4v) is 2.31. The molecule has 66 valence electrons. The first kappa shape index (κ1) is 8.20. The molecule has 1 fully saturated rings. The Kier molecular flexibility index (Phi) is 2.42. The van der Waals surface area contributed by atoms with Crippen molar-refractivity contribution in [2.24, 2.45) is 5.73 Å². The number of aromatic nitrogens is 1. The van der Waals surface area contributed by atoms with E-state index in [0.717, 1.165) is 25.3 Å². The van der Waals surface area contributed by atoms with Crippen LogP contribution in [0, 0.1) is 0 Å². The molecule has 0 unspecified atom stereocenters. The van der Waals surface area contributed by atoms with Gasteiger partial charge in [0, 0.05) is 10.8 Å². The van der Waals surface area contributed by atoms with Crippen molar-refractivity contribution in [1.82, 2.24) is 4.98 Å². The van der Waals surface area contributed by atoms with E-state index in [-0.39, 0.29) is 0 Å². The SMILES string of the molecule is NCCCc1scnc1C1CC1. The second-order valence-corrected chi connectivity index (χ2v) is 4.27. The van der Waals surface area contributed by atoms with Crippen LogP contribution in [0.5, 0.6) is 0 Å². The average Bonchev–Trinajstić information content (AvgIpc) is 2.83. The maximum absolute atomic E-state index is 5.47. The number of nitrogens with two attached hydrogens (primary N) is 1. The van der Waals surface area contributed by atoms with Gasteiger partial charge in [0.1, 0.15) is 0 Å². The van der Waals surface area contributed by atoms with Crippen LogP contribution in [0.25, 0.3) is 0 Å². The first-order chi connectivity index (χ1) is 5.92. The molecule has 12 heavy (non-hydrogen) atoms. The molecular formula is C9H14N2S. The van der Waals surface area contributed by atoms with Crippen LogP contribution >= 0.6 is 11.3 Å². The molecule has 2 rings (SSSR count). The van der Waals surface area contributed by atoms with Gasteiger partial charge >= 0.3 is 0 Å². The van der Waals surface area contributed by atoms with Crippen LogP contribution in [0.2, 0.25) is 0 Å². The number of nitrogens with zero attached hydrogens (tertiary/aromatic N) is 1. The molecular weight excluding hydrogens is 168 g/mol. The van der Waals surface area contributed by atoms with Crippen LogP contribution < -0.4 is 5.73 Å². The molecule has 2 N–H and O–H groups in total. The van der Waals surface area contributed by atoms with Gasteiger partial charge < -0.3 is 5.73 Å². The zero-order chi connectivity index (χ0) is 8.39. The van der Waals surface area contributed by atoms with Gasteiger partial charge in [-0.05, 0) is 32.2 Å². The van der Waals surface area contributed by atoms with Crippen LogP contribution in [-0.4, -0.2) is 11.5 Å². The Bertz CT molecular complexity index is 253. The second kappa shape index (κ2) is 3.54. The summed E-state index contributed by atoms with van der Waals surface area (Å²) < 4.78 is 0. The first-order valence-corrected chi connectivity index (χ1v) is 5.42. The van der Waals surface area contributed by atoms with E-state index in [1.165, 1.54) is 23.4 Å². The van der Waals surface area contributed by atoms with Crippen molar-refractivity contribution in [1.29, 1.82) is 0 Å². The zero-order valence-corrected chi connectivity index (χ0v) is 7.94. The second-order valence-electron chi connectivity index (χ2n) is 3.33. The predicted molar refractivity (Wildman–Crippen MR) is 51.5 cm³/mol. The van der Waals surface area contributed by atoms with Gasteiger partial charge in [-0.1, -0.05) is 0 Å². The normalized spacial score (nSPS) is 16.8. The predicted octanol–water partition coefficient (Wildman–Crippen LogP) is 1.91. The average molecular weight is 182 g/mol. The van der Waals surface area contributed by atoms with Gasteiger partial charge in [-0.2, -0.15) is 0 Å². The van der Waals surface area contributed by atoms with Gasteiger partial charge in [0.25, 0.3) is 0 Å². The molecule has 0 aliphatic heterocycles. The van der Waals surface area contributed by atoms with Crippen molar-refractivity contribution in [2.75, 3.05) is 6.54 Å². The third-order valence-corrected chi connectivity index (χ3v) is 3.15. The van der Waals surface area contributed by atoms with E-state index >= 15 is 0 Å². The summed E-state index contributed by atoms with van der Waals surface area (Å²) in [5.41, 5.74) is 8.81. The summed E-state index contributed by atoms with van der Waals surface area (Å²) in [6, 6.07) is 0. The molecule has 0 bridgehead atoms. The summed E-state index contributed by atoms with van der Waals surface area (Å²) in [5, 5.41) is 0. The molecule has 1 heterocycles. The minimum absolute atomic E-state index is 0.794. The molecule has 0 amide bonds. The van der Waals surface area contributed by atoms with E-state index < -0.39 is 0 Å². The Labute approximate surface area is 76.8 Å². The topological polar surface area (TPSA) is 38.9 Å². The van der Waals surface area contributed by atoms with Gasteiger partial charge in [-0.25, -0.2) is 4.98 Å². The van der Waals surface area contributed by atoms with Gasteiger partial charge in [0.05, 0.1) is 11.2 Å². The maximum Gasteiger partial charge on any atom is 0.0797 e. The molecule has 0 saturated heterocycles. The van der Waals surface area contributed by atoms with Crippen molar-refractivity contribution >= 4 is 11.3 Å². The Hall–Kier alpha value is -0.410. The number of rotatable bonds is 4. The lowest BCUT2D eigenvalue weighted by atomic mass is 10.2. The lowest BCUT2D eigenvalue weighted by Crippen LogP contribution is -2.00. The molecule has 2 nitrogen and oxygen atoms in total. The third kappa shape index (κ3) is 1.67. The zero-order valence-electron chi connectivity index (χ0n) is 7.12. The molecule has 1 aliphatic carbocycles. The number of aryl methyl sites for hydroxylation is 1. The summed E-state index contributed by atoms with van der Waals surface area (Å²) in [4.78, 5) is 5.88. The standard InChI is InChI=1S/C9H14N2S/c10-5-1-2-8-9(7-3-4-7)11-6-12-8/h6-7H,1-5,10H2. The van der Waals surface area contributed by atoms with Crippen molar-refractivity contribution in [2.45, 2.75) is 31.6 Å². The lowest BCUT2D eigenvalue weighted by molar-refractivity contribution is 0.827. The van der Waals surface area contributed by atoms with E-state index in [0.29, 0.717) is 0 Å². The summed E-state index contributed by atoms with van der Waals surface area (Å²) in [6.45, 7) is 0.794. The lowest BCUT2D eigenvalue weighted by Gasteiger charge is -1.98. The minimum Gasteiger partial charge on any atom is -0.330 e. The molecule has 0 spiro atoms. The highest BCUT2D eigenvalue weighted by molar-refractivity contribution is 7.09. The Balaban J connectivity index is 2.03. The minimum atomic E-state index is 0.794. The van der Waals surface area contributed by atoms with Crippen LogP contribution in [0.1, 0.15) is 35.8 Å². The molecule has 1 aromatic heterocycles. The molecule has 3 heteroatoms. The van der Waals surface area contributed by atoms with E-state index in [4.69, 9.17) is 5.73 Å². The van der Waals surface area contributed by atoms with Crippen LogP contribution in [-0.2, 0) is 6.42 Å². The largest absolute Gasteiger partial charge is 0.330 e. The Morgan fingerprint density at radius 1 is 1.58 bits per heavy atom. The van der Waals surface area contributed by atoms with Gasteiger partial charge in [-0.15, -0.1) is 11.3 Å². The van der Waals surface area contributed by atoms with Crippen LogP contribution in [0.4, 0.5) is 0 Å². The van der Waals surface area contributed by atoms with Crippen molar-refractivity contribution in [3.63, 3.8) is 0 Å². The van der Waals surface area contributed by atoms with Gasteiger partial charge in [0.2, 0.25) is 0 Å². The summed E-state index contributed by atoms with van der Waals surface area (Å²) >= 11 is 1.79. The van der Waals surface area contributed by atoms with Gasteiger partial charge in [0.15, 0.2) is 0 Å².